The lowest BCUT2D eigenvalue weighted by molar-refractivity contribution is -0.194. The summed E-state index contributed by atoms with van der Waals surface area (Å²) < 4.78 is 23.1. The number of carbonyl (C=O) groups excluding carboxylic acids is 2. The summed E-state index contributed by atoms with van der Waals surface area (Å²) in [5.74, 6) is -1.31. The summed E-state index contributed by atoms with van der Waals surface area (Å²) in [5.41, 5.74) is -1.07. The van der Waals surface area contributed by atoms with Crippen LogP contribution in [0, 0.1) is 0 Å². The van der Waals surface area contributed by atoms with Crippen LogP contribution in [0.2, 0.25) is 5.28 Å². The second kappa shape index (κ2) is 9.94. The van der Waals surface area contributed by atoms with E-state index in [1.807, 2.05) is 0 Å². The van der Waals surface area contributed by atoms with Crippen LogP contribution in [-0.4, -0.2) is 81.2 Å². The van der Waals surface area contributed by atoms with Crippen LogP contribution in [0.5, 0.6) is 0 Å². The Bertz CT molecular complexity index is 966. The van der Waals surface area contributed by atoms with Crippen LogP contribution in [-0.2, 0) is 28.5 Å². The monoisotopic (exact) mass is 471 g/mol. The molecule has 32 heavy (non-hydrogen) atoms. The van der Waals surface area contributed by atoms with E-state index in [9.17, 15) is 14.7 Å². The zero-order valence-corrected chi connectivity index (χ0v) is 19.0. The highest BCUT2D eigenvalue weighted by molar-refractivity contribution is 6.28. The summed E-state index contributed by atoms with van der Waals surface area (Å²) in [4.78, 5) is 37.3. The molecule has 0 aromatic carbocycles. The van der Waals surface area contributed by atoms with Gasteiger partial charge >= 0.3 is 11.9 Å². The first-order valence-corrected chi connectivity index (χ1v) is 10.5. The minimum atomic E-state index is -1.99. The van der Waals surface area contributed by atoms with Crippen LogP contribution in [0.3, 0.4) is 0 Å². The molecule has 1 aliphatic heterocycles. The van der Waals surface area contributed by atoms with Gasteiger partial charge in [0.15, 0.2) is 17.0 Å². The van der Waals surface area contributed by atoms with E-state index in [2.05, 4.69) is 20.3 Å². The molecule has 12 nitrogen and oxygen atoms in total. The fourth-order valence-corrected chi connectivity index (χ4v) is 3.46. The molecule has 0 bridgehead atoms. The normalized spacial score (nSPS) is 21.0. The van der Waals surface area contributed by atoms with Crippen molar-refractivity contribution < 1.29 is 33.6 Å². The van der Waals surface area contributed by atoms with Gasteiger partial charge in [0.2, 0.25) is 5.28 Å². The maximum absolute atomic E-state index is 12.4. The van der Waals surface area contributed by atoms with Gasteiger partial charge in [-0.2, -0.15) is 9.97 Å². The fourth-order valence-electron chi connectivity index (χ4n) is 3.30. The van der Waals surface area contributed by atoms with E-state index in [1.165, 1.54) is 13.3 Å². The lowest BCUT2D eigenvalue weighted by Gasteiger charge is -2.27. The topological polar surface area (TPSA) is 147 Å². The van der Waals surface area contributed by atoms with Crippen molar-refractivity contribution in [2.24, 2.45) is 0 Å². The zero-order chi connectivity index (χ0) is 23.5. The highest BCUT2D eigenvalue weighted by atomic mass is 35.5. The second-order valence-electron chi connectivity index (χ2n) is 7.13. The van der Waals surface area contributed by atoms with E-state index >= 15 is 0 Å². The number of carbonyl (C=O) groups is 2. The van der Waals surface area contributed by atoms with E-state index in [1.54, 1.807) is 25.5 Å². The molecule has 0 amide bonds. The molecular formula is C19H26ClN5O7. The predicted molar refractivity (Wildman–Crippen MR) is 112 cm³/mol. The molecule has 3 rings (SSSR count). The average molecular weight is 472 g/mol. The van der Waals surface area contributed by atoms with Gasteiger partial charge in [0, 0.05) is 13.5 Å². The SMILES string of the molecule is CCOC(=O)C(C)(OC[C@H]1O[C@@H](n2cnc3c(NC)nc(Cl)nc32)C[C@@H]1O)C(=O)OCC. The van der Waals surface area contributed by atoms with Gasteiger partial charge in [0.1, 0.15) is 12.3 Å². The predicted octanol–water partition coefficient (Wildman–Crippen LogP) is 1.07. The second-order valence-corrected chi connectivity index (χ2v) is 7.47. The Kier molecular flexibility index (Phi) is 7.49. The van der Waals surface area contributed by atoms with Gasteiger partial charge in [0.05, 0.1) is 32.3 Å². The minimum absolute atomic E-state index is 0.0293. The molecule has 0 spiro atoms. The van der Waals surface area contributed by atoms with Gasteiger partial charge < -0.3 is 29.4 Å². The zero-order valence-electron chi connectivity index (χ0n) is 18.2. The molecule has 2 N–H and O–H groups in total. The summed E-state index contributed by atoms with van der Waals surface area (Å²) in [6, 6.07) is 0. The quantitative estimate of drug-likeness (QED) is 0.307. The number of aromatic nitrogens is 4. The first kappa shape index (κ1) is 24.1. The van der Waals surface area contributed by atoms with Crippen molar-refractivity contribution >= 4 is 40.5 Å². The number of hydrogen-bond acceptors (Lipinski definition) is 11. The number of fused-ring (bicyclic) bond motifs is 1. The highest BCUT2D eigenvalue weighted by Gasteiger charge is 2.47. The first-order valence-electron chi connectivity index (χ1n) is 10.1. The van der Waals surface area contributed by atoms with Crippen molar-refractivity contribution in [3.8, 4) is 0 Å². The number of imidazole rings is 1. The third-order valence-corrected chi connectivity index (χ3v) is 5.18. The Morgan fingerprint density at radius 3 is 2.56 bits per heavy atom. The van der Waals surface area contributed by atoms with Gasteiger partial charge in [-0.3, -0.25) is 4.57 Å². The Labute approximate surface area is 189 Å². The molecule has 2 aromatic heterocycles. The molecule has 0 unspecified atom stereocenters. The lowest BCUT2D eigenvalue weighted by Crippen LogP contribution is -2.50. The van der Waals surface area contributed by atoms with Crippen LogP contribution < -0.4 is 5.32 Å². The molecule has 3 heterocycles. The number of nitrogens with zero attached hydrogens (tertiary/aromatic N) is 4. The molecular weight excluding hydrogens is 446 g/mol. The smallest absolute Gasteiger partial charge is 0.349 e. The van der Waals surface area contributed by atoms with Gasteiger partial charge in [-0.1, -0.05) is 0 Å². The van der Waals surface area contributed by atoms with Crippen molar-refractivity contribution in [2.75, 3.05) is 32.2 Å². The minimum Gasteiger partial charge on any atom is -0.463 e. The molecule has 1 fully saturated rings. The van der Waals surface area contributed by atoms with Gasteiger partial charge in [0.25, 0.3) is 5.60 Å². The van der Waals surface area contributed by atoms with Crippen molar-refractivity contribution in [2.45, 2.75) is 51.2 Å². The summed E-state index contributed by atoms with van der Waals surface area (Å²) in [5, 5.41) is 13.5. The standard InChI is InChI=1S/C19H26ClN5O7/c1-5-29-16(27)19(3,17(28)30-6-2)31-8-11-10(26)7-12(32-11)25-9-22-13-14(21-4)23-18(20)24-15(13)25/h9-12,26H,5-8H2,1-4H3,(H,21,23,24)/t10-,11+,12+/m0/s1. The number of nitrogens with one attached hydrogen (secondary N) is 1. The summed E-state index contributed by atoms with van der Waals surface area (Å²) in [6.07, 6.45) is -0.686. The van der Waals surface area contributed by atoms with Crippen LogP contribution >= 0.6 is 11.6 Å². The van der Waals surface area contributed by atoms with Crippen LogP contribution in [0.15, 0.2) is 6.33 Å². The molecule has 0 aliphatic carbocycles. The number of aliphatic hydroxyl groups is 1. The van der Waals surface area contributed by atoms with Crippen LogP contribution in [0.1, 0.15) is 33.4 Å². The highest BCUT2D eigenvalue weighted by Crippen LogP contribution is 2.33. The average Bonchev–Trinajstić information content (AvgIpc) is 3.34. The van der Waals surface area contributed by atoms with Crippen molar-refractivity contribution in [1.29, 1.82) is 0 Å². The largest absolute Gasteiger partial charge is 0.463 e. The van der Waals surface area contributed by atoms with Gasteiger partial charge in [-0.25, -0.2) is 14.6 Å². The van der Waals surface area contributed by atoms with Crippen LogP contribution in [0.4, 0.5) is 5.82 Å². The van der Waals surface area contributed by atoms with E-state index in [-0.39, 0.29) is 31.5 Å². The molecule has 1 aliphatic rings. The van der Waals surface area contributed by atoms with E-state index in [0.29, 0.717) is 17.0 Å². The third-order valence-electron chi connectivity index (χ3n) is 5.01. The first-order chi connectivity index (χ1) is 15.2. The molecule has 176 valence electrons. The molecule has 2 aromatic rings. The number of anilines is 1. The number of esters is 2. The summed E-state index contributed by atoms with van der Waals surface area (Å²) in [7, 11) is 1.68. The fraction of sp³-hybridized carbons (Fsp3) is 0.632. The number of halogens is 1. The number of aliphatic hydroxyl groups excluding tert-OH is 1. The number of hydrogen-bond donors (Lipinski definition) is 2. The van der Waals surface area contributed by atoms with Crippen molar-refractivity contribution in [3.63, 3.8) is 0 Å². The molecule has 1 saturated heterocycles. The van der Waals surface area contributed by atoms with Crippen LogP contribution in [0.25, 0.3) is 11.2 Å². The summed E-state index contributed by atoms with van der Waals surface area (Å²) >= 11 is 6.00. The Balaban J connectivity index is 1.76. The van der Waals surface area contributed by atoms with E-state index in [0.717, 1.165) is 0 Å². The molecule has 0 radical (unpaired) electrons. The van der Waals surface area contributed by atoms with Crippen molar-refractivity contribution in [3.05, 3.63) is 11.6 Å². The Morgan fingerprint density at radius 2 is 1.97 bits per heavy atom. The maximum Gasteiger partial charge on any atom is 0.349 e. The van der Waals surface area contributed by atoms with Gasteiger partial charge in [-0.15, -0.1) is 0 Å². The molecule has 3 atom stereocenters. The van der Waals surface area contributed by atoms with Gasteiger partial charge in [-0.05, 0) is 32.4 Å². The molecule has 0 saturated carbocycles. The Morgan fingerprint density at radius 1 is 1.31 bits per heavy atom. The van der Waals surface area contributed by atoms with Crippen molar-refractivity contribution in [1.82, 2.24) is 19.5 Å². The van der Waals surface area contributed by atoms with E-state index < -0.39 is 36.0 Å². The summed E-state index contributed by atoms with van der Waals surface area (Å²) in [6.45, 7) is 4.37. The lowest BCUT2D eigenvalue weighted by atomic mass is 10.1. The van der Waals surface area contributed by atoms with E-state index in [4.69, 9.17) is 30.5 Å². The Hall–Kier alpha value is -2.54. The molecule has 13 heteroatoms. The number of rotatable bonds is 9. The maximum atomic E-state index is 12.4. The number of ether oxygens (including phenoxy) is 4. The third kappa shape index (κ3) is 4.63.